The zero-order valence-corrected chi connectivity index (χ0v) is 25.1. The van der Waals surface area contributed by atoms with E-state index in [-0.39, 0.29) is 33.7 Å². The third-order valence-electron chi connectivity index (χ3n) is 6.30. The quantitative estimate of drug-likeness (QED) is 0.0970. The number of nitrogens with one attached hydrogen (secondary N) is 2. The monoisotopic (exact) mass is 608 g/mol. The van der Waals surface area contributed by atoms with Crippen LogP contribution in [-0.2, 0) is 9.53 Å². The minimum absolute atomic E-state index is 0.0160. The number of carbonyl (C=O) groups is 3. The van der Waals surface area contributed by atoms with Crippen LogP contribution in [0.2, 0.25) is 0 Å². The first-order chi connectivity index (χ1) is 20.9. The molecule has 0 bridgehead atoms. The van der Waals surface area contributed by atoms with E-state index >= 15 is 0 Å². The van der Waals surface area contributed by atoms with Gasteiger partial charge in [0.25, 0.3) is 5.91 Å². The van der Waals surface area contributed by atoms with Crippen LogP contribution >= 0.6 is 23.1 Å². The molecule has 5 aromatic rings. The van der Waals surface area contributed by atoms with Crippen LogP contribution in [0.3, 0.4) is 0 Å². The Morgan fingerprint density at radius 3 is 1.93 bits per heavy atom. The summed E-state index contributed by atoms with van der Waals surface area (Å²) in [6.45, 7) is 3.57. The van der Waals surface area contributed by atoms with Crippen LogP contribution in [-0.4, -0.2) is 40.1 Å². The number of rotatable bonds is 10. The molecule has 0 atom stereocenters. The summed E-state index contributed by atoms with van der Waals surface area (Å²) in [5.74, 6) is -1.37. The Balaban J connectivity index is 1.39. The van der Waals surface area contributed by atoms with Crippen molar-refractivity contribution in [3.05, 3.63) is 113 Å². The average Bonchev–Trinajstić information content (AvgIpc) is 3.36. The van der Waals surface area contributed by atoms with Crippen molar-refractivity contribution < 1.29 is 19.1 Å². The maximum Gasteiger partial charge on any atom is 0.348 e. The number of amides is 2. The van der Waals surface area contributed by atoms with Crippen LogP contribution in [0.5, 0.6) is 0 Å². The van der Waals surface area contributed by atoms with E-state index in [0.717, 1.165) is 33.9 Å². The summed E-state index contributed by atoms with van der Waals surface area (Å²) in [5, 5.41) is 6.37. The SMILES string of the molecule is CCOC(=O)c1sc(NC(=O)CSc2nc(-c3ccccc3)cc(-c3ccccc3)n2)c(C(=O)Nc2ccccc2)c1C. The summed E-state index contributed by atoms with van der Waals surface area (Å²) in [5.41, 5.74) is 4.59. The minimum atomic E-state index is -0.548. The van der Waals surface area contributed by atoms with Crippen molar-refractivity contribution in [2.75, 3.05) is 23.0 Å². The summed E-state index contributed by atoms with van der Waals surface area (Å²) in [7, 11) is 0. The van der Waals surface area contributed by atoms with Crippen molar-refractivity contribution >= 4 is 51.6 Å². The van der Waals surface area contributed by atoms with E-state index in [2.05, 4.69) is 10.6 Å². The van der Waals surface area contributed by atoms with Gasteiger partial charge in [0, 0.05) is 16.8 Å². The molecule has 2 heterocycles. The van der Waals surface area contributed by atoms with E-state index in [0.29, 0.717) is 16.4 Å². The Morgan fingerprint density at radius 1 is 0.814 bits per heavy atom. The van der Waals surface area contributed by atoms with Gasteiger partial charge in [-0.3, -0.25) is 9.59 Å². The van der Waals surface area contributed by atoms with E-state index in [9.17, 15) is 14.4 Å². The number of aromatic nitrogens is 2. The number of para-hydroxylation sites is 1. The number of carbonyl (C=O) groups excluding carboxylic acids is 3. The van der Waals surface area contributed by atoms with E-state index in [1.165, 1.54) is 11.8 Å². The second kappa shape index (κ2) is 13.9. The fourth-order valence-corrected chi connectivity index (χ4v) is 6.05. The summed E-state index contributed by atoms with van der Waals surface area (Å²) in [4.78, 5) is 48.8. The first-order valence-electron chi connectivity index (χ1n) is 13.5. The fraction of sp³-hybridized carbons (Fsp3) is 0.121. The molecule has 2 N–H and O–H groups in total. The molecule has 0 spiro atoms. The fourth-order valence-electron chi connectivity index (χ4n) is 4.28. The van der Waals surface area contributed by atoms with E-state index in [1.54, 1.807) is 38.1 Å². The molecule has 3 aromatic carbocycles. The van der Waals surface area contributed by atoms with Gasteiger partial charge in [-0.2, -0.15) is 0 Å². The van der Waals surface area contributed by atoms with Gasteiger partial charge in [0.15, 0.2) is 5.16 Å². The number of hydrogen-bond donors (Lipinski definition) is 2. The predicted octanol–water partition coefficient (Wildman–Crippen LogP) is 7.34. The van der Waals surface area contributed by atoms with Crippen molar-refractivity contribution in [2.24, 2.45) is 0 Å². The number of thioether (sulfide) groups is 1. The number of esters is 1. The van der Waals surface area contributed by atoms with Gasteiger partial charge in [0.05, 0.1) is 29.3 Å². The second-order valence-corrected chi connectivity index (χ2v) is 11.3. The van der Waals surface area contributed by atoms with Gasteiger partial charge in [0.1, 0.15) is 9.88 Å². The molecule has 0 saturated heterocycles. The van der Waals surface area contributed by atoms with E-state index < -0.39 is 11.9 Å². The number of nitrogens with zero attached hydrogens (tertiary/aromatic N) is 2. The number of hydrogen-bond acceptors (Lipinski definition) is 8. The lowest BCUT2D eigenvalue weighted by Crippen LogP contribution is -2.18. The summed E-state index contributed by atoms with van der Waals surface area (Å²) >= 11 is 2.20. The first kappa shape index (κ1) is 29.7. The molecule has 43 heavy (non-hydrogen) atoms. The van der Waals surface area contributed by atoms with Crippen molar-refractivity contribution in [1.29, 1.82) is 0 Å². The Bertz CT molecular complexity index is 1690. The van der Waals surface area contributed by atoms with Crippen molar-refractivity contribution in [3.63, 3.8) is 0 Å². The Hall–Kier alpha value is -4.80. The zero-order valence-electron chi connectivity index (χ0n) is 23.5. The van der Waals surface area contributed by atoms with Gasteiger partial charge >= 0.3 is 5.97 Å². The van der Waals surface area contributed by atoms with Gasteiger partial charge in [-0.05, 0) is 37.6 Å². The van der Waals surface area contributed by atoms with Crippen molar-refractivity contribution in [1.82, 2.24) is 9.97 Å². The molecule has 10 heteroatoms. The first-order valence-corrected chi connectivity index (χ1v) is 15.3. The van der Waals surface area contributed by atoms with E-state index in [1.807, 2.05) is 72.8 Å². The van der Waals surface area contributed by atoms with Crippen molar-refractivity contribution in [2.45, 2.75) is 19.0 Å². The maximum absolute atomic E-state index is 13.3. The highest BCUT2D eigenvalue weighted by molar-refractivity contribution is 7.99. The average molecular weight is 609 g/mol. The highest BCUT2D eigenvalue weighted by Gasteiger charge is 2.27. The maximum atomic E-state index is 13.3. The summed E-state index contributed by atoms with van der Waals surface area (Å²) < 4.78 is 5.19. The molecule has 5 rings (SSSR count). The van der Waals surface area contributed by atoms with Crippen LogP contribution in [0.4, 0.5) is 10.7 Å². The van der Waals surface area contributed by atoms with Crippen molar-refractivity contribution in [3.8, 4) is 22.5 Å². The molecule has 0 saturated carbocycles. The molecule has 0 aliphatic heterocycles. The standard InChI is InChI=1S/C33H28N4O4S2/c1-3-41-32(40)29-21(2)28(30(39)34-24-17-11-6-12-18-24)31(43-29)37-27(38)20-42-33-35-25(22-13-7-4-8-14-22)19-26(36-33)23-15-9-5-10-16-23/h4-19H,3,20H2,1-2H3,(H,34,39)(H,37,38). The Morgan fingerprint density at radius 2 is 1.37 bits per heavy atom. The summed E-state index contributed by atoms with van der Waals surface area (Å²) in [6.07, 6.45) is 0. The van der Waals surface area contributed by atoms with Crippen LogP contribution in [0.1, 0.15) is 32.5 Å². The number of ether oxygens (including phenoxy) is 1. The van der Waals surface area contributed by atoms with Crippen LogP contribution < -0.4 is 10.6 Å². The molecular weight excluding hydrogens is 581 g/mol. The molecule has 216 valence electrons. The largest absolute Gasteiger partial charge is 0.462 e. The number of anilines is 2. The molecule has 2 aromatic heterocycles. The van der Waals surface area contributed by atoms with Gasteiger partial charge in [0.2, 0.25) is 5.91 Å². The molecule has 2 amide bonds. The topological polar surface area (TPSA) is 110 Å². The lowest BCUT2D eigenvalue weighted by atomic mass is 10.1. The van der Waals surface area contributed by atoms with Crippen LogP contribution in [0, 0.1) is 6.92 Å². The predicted molar refractivity (Wildman–Crippen MR) is 172 cm³/mol. The normalized spacial score (nSPS) is 10.7. The Labute approximate surface area is 257 Å². The molecule has 0 unspecified atom stereocenters. The highest BCUT2D eigenvalue weighted by atomic mass is 32.2. The molecule has 0 aliphatic carbocycles. The summed E-state index contributed by atoms with van der Waals surface area (Å²) in [6, 6.07) is 30.4. The van der Waals surface area contributed by atoms with Gasteiger partial charge in [-0.15, -0.1) is 11.3 Å². The van der Waals surface area contributed by atoms with E-state index in [4.69, 9.17) is 14.7 Å². The minimum Gasteiger partial charge on any atom is -0.462 e. The van der Waals surface area contributed by atoms with Crippen LogP contribution in [0.15, 0.2) is 102 Å². The second-order valence-electron chi connectivity index (χ2n) is 9.29. The lowest BCUT2D eigenvalue weighted by Gasteiger charge is -2.10. The third kappa shape index (κ3) is 7.35. The lowest BCUT2D eigenvalue weighted by molar-refractivity contribution is -0.113. The smallest absolute Gasteiger partial charge is 0.348 e. The van der Waals surface area contributed by atoms with Gasteiger partial charge < -0.3 is 15.4 Å². The van der Waals surface area contributed by atoms with Gasteiger partial charge in [-0.1, -0.05) is 90.6 Å². The molecular formula is C33H28N4O4S2. The third-order valence-corrected chi connectivity index (χ3v) is 8.33. The van der Waals surface area contributed by atoms with Gasteiger partial charge in [-0.25, -0.2) is 14.8 Å². The number of benzene rings is 3. The number of thiophene rings is 1. The molecule has 0 aliphatic rings. The van der Waals surface area contributed by atoms with Crippen LogP contribution in [0.25, 0.3) is 22.5 Å². The molecule has 0 fully saturated rings. The Kier molecular flexibility index (Phi) is 9.60. The zero-order chi connectivity index (χ0) is 30.2. The molecule has 0 radical (unpaired) electrons. The molecule has 8 nitrogen and oxygen atoms in total. The highest BCUT2D eigenvalue weighted by Crippen LogP contribution is 2.35.